The molecule has 0 saturated carbocycles. The SMILES string of the molecule is CC(=O)c1ccc(NC(=O)c2cc(-c3ccccc3)nc3ccc(Br)cc23)cc1. The lowest BCUT2D eigenvalue weighted by molar-refractivity contribution is 0.101. The molecule has 0 bridgehead atoms. The average molecular weight is 445 g/mol. The Balaban J connectivity index is 1.77. The van der Waals surface area contributed by atoms with Crippen LogP contribution in [0.5, 0.6) is 0 Å². The van der Waals surface area contributed by atoms with E-state index in [9.17, 15) is 9.59 Å². The van der Waals surface area contributed by atoms with E-state index in [1.165, 1.54) is 6.92 Å². The highest BCUT2D eigenvalue weighted by molar-refractivity contribution is 9.10. The predicted molar refractivity (Wildman–Crippen MR) is 119 cm³/mol. The van der Waals surface area contributed by atoms with Gasteiger partial charge in [0.2, 0.25) is 0 Å². The second-order valence-electron chi connectivity index (χ2n) is 6.67. The molecule has 0 atom stereocenters. The van der Waals surface area contributed by atoms with Crippen LogP contribution >= 0.6 is 15.9 Å². The summed E-state index contributed by atoms with van der Waals surface area (Å²) in [6, 6.07) is 24.1. The fourth-order valence-corrected chi connectivity index (χ4v) is 3.49. The molecule has 0 aliphatic rings. The Morgan fingerprint density at radius 3 is 2.31 bits per heavy atom. The summed E-state index contributed by atoms with van der Waals surface area (Å²) in [5, 5.41) is 3.68. The van der Waals surface area contributed by atoms with Gasteiger partial charge >= 0.3 is 0 Å². The molecule has 0 spiro atoms. The molecule has 1 heterocycles. The summed E-state index contributed by atoms with van der Waals surface area (Å²) in [6.45, 7) is 1.51. The molecular weight excluding hydrogens is 428 g/mol. The number of benzene rings is 3. The lowest BCUT2D eigenvalue weighted by Gasteiger charge is -2.11. The first-order valence-electron chi connectivity index (χ1n) is 9.09. The number of aromatic nitrogens is 1. The third-order valence-electron chi connectivity index (χ3n) is 4.63. The summed E-state index contributed by atoms with van der Waals surface area (Å²) < 4.78 is 0.874. The third kappa shape index (κ3) is 4.10. The molecule has 0 radical (unpaired) electrons. The minimum Gasteiger partial charge on any atom is -0.322 e. The van der Waals surface area contributed by atoms with Gasteiger partial charge in [-0.25, -0.2) is 4.98 Å². The maximum Gasteiger partial charge on any atom is 0.256 e. The molecule has 4 rings (SSSR count). The van der Waals surface area contributed by atoms with Crippen molar-refractivity contribution in [3.8, 4) is 11.3 Å². The van der Waals surface area contributed by atoms with E-state index in [1.807, 2.05) is 54.6 Å². The van der Waals surface area contributed by atoms with Crippen LogP contribution in [0.1, 0.15) is 27.6 Å². The van der Waals surface area contributed by atoms with Gasteiger partial charge in [0.1, 0.15) is 0 Å². The highest BCUT2D eigenvalue weighted by atomic mass is 79.9. The van der Waals surface area contributed by atoms with Crippen molar-refractivity contribution in [3.05, 3.63) is 94.5 Å². The van der Waals surface area contributed by atoms with Crippen LogP contribution in [0.15, 0.2) is 83.3 Å². The van der Waals surface area contributed by atoms with Crippen LogP contribution < -0.4 is 5.32 Å². The number of nitrogens with one attached hydrogen (secondary N) is 1. The van der Waals surface area contributed by atoms with Crippen molar-refractivity contribution in [1.82, 2.24) is 4.98 Å². The first-order chi connectivity index (χ1) is 14.0. The minimum atomic E-state index is -0.233. The molecule has 4 nitrogen and oxygen atoms in total. The van der Waals surface area contributed by atoms with Crippen molar-refractivity contribution in [3.63, 3.8) is 0 Å². The van der Waals surface area contributed by atoms with Crippen molar-refractivity contribution >= 4 is 44.2 Å². The van der Waals surface area contributed by atoms with Crippen molar-refractivity contribution in [2.24, 2.45) is 0 Å². The number of rotatable bonds is 4. The van der Waals surface area contributed by atoms with Crippen LogP contribution in [0, 0.1) is 0 Å². The summed E-state index contributed by atoms with van der Waals surface area (Å²) in [6.07, 6.45) is 0. The number of carbonyl (C=O) groups excluding carboxylic acids is 2. The predicted octanol–water partition coefficient (Wildman–Crippen LogP) is 6.12. The summed E-state index contributed by atoms with van der Waals surface area (Å²) in [7, 11) is 0. The zero-order chi connectivity index (χ0) is 20.4. The highest BCUT2D eigenvalue weighted by Gasteiger charge is 2.15. The molecule has 29 heavy (non-hydrogen) atoms. The van der Waals surface area contributed by atoms with E-state index in [0.29, 0.717) is 16.8 Å². The Hall–Kier alpha value is -3.31. The molecule has 1 N–H and O–H groups in total. The molecule has 0 aliphatic carbocycles. The maximum absolute atomic E-state index is 13.1. The molecule has 0 aliphatic heterocycles. The minimum absolute atomic E-state index is 0.0136. The Labute approximate surface area is 176 Å². The molecule has 1 aromatic heterocycles. The van der Waals surface area contributed by atoms with E-state index in [2.05, 4.69) is 21.2 Å². The summed E-state index contributed by atoms with van der Waals surface area (Å²) in [4.78, 5) is 29.3. The molecule has 4 aromatic rings. The molecule has 0 saturated heterocycles. The first-order valence-corrected chi connectivity index (χ1v) is 9.88. The highest BCUT2D eigenvalue weighted by Crippen LogP contribution is 2.28. The van der Waals surface area contributed by atoms with E-state index in [-0.39, 0.29) is 11.7 Å². The van der Waals surface area contributed by atoms with Gasteiger partial charge in [-0.1, -0.05) is 46.3 Å². The number of amides is 1. The van der Waals surface area contributed by atoms with Crippen molar-refractivity contribution < 1.29 is 9.59 Å². The number of halogens is 1. The second-order valence-corrected chi connectivity index (χ2v) is 7.59. The molecule has 142 valence electrons. The normalized spacial score (nSPS) is 10.7. The van der Waals surface area contributed by atoms with E-state index < -0.39 is 0 Å². The van der Waals surface area contributed by atoms with Gasteiger partial charge in [0.15, 0.2) is 5.78 Å². The van der Waals surface area contributed by atoms with Gasteiger partial charge in [0.05, 0.1) is 16.8 Å². The summed E-state index contributed by atoms with van der Waals surface area (Å²) >= 11 is 3.48. The standard InChI is InChI=1S/C24H17BrN2O2/c1-15(28)16-7-10-19(11-8-16)26-24(29)21-14-23(17-5-3-2-4-6-17)27-22-12-9-18(25)13-20(21)22/h2-14H,1H3,(H,26,29). The molecule has 1 amide bonds. The largest absolute Gasteiger partial charge is 0.322 e. The molecule has 3 aromatic carbocycles. The zero-order valence-electron chi connectivity index (χ0n) is 15.6. The van der Waals surface area contributed by atoms with Crippen molar-refractivity contribution in [1.29, 1.82) is 0 Å². The van der Waals surface area contributed by atoms with Gasteiger partial charge in [0.25, 0.3) is 5.91 Å². The van der Waals surface area contributed by atoms with Crippen molar-refractivity contribution in [2.75, 3.05) is 5.32 Å². The van der Waals surface area contributed by atoms with Crippen molar-refractivity contribution in [2.45, 2.75) is 6.92 Å². The third-order valence-corrected chi connectivity index (χ3v) is 5.13. The van der Waals surface area contributed by atoms with Gasteiger partial charge in [-0.3, -0.25) is 9.59 Å². The Morgan fingerprint density at radius 1 is 0.897 bits per heavy atom. The number of hydrogen-bond acceptors (Lipinski definition) is 3. The van der Waals surface area contributed by atoms with Gasteiger partial charge in [0, 0.05) is 26.7 Å². The van der Waals surface area contributed by atoms with E-state index in [1.54, 1.807) is 24.3 Å². The summed E-state index contributed by atoms with van der Waals surface area (Å²) in [5.41, 5.74) is 4.18. The number of hydrogen-bond donors (Lipinski definition) is 1. The topological polar surface area (TPSA) is 59.1 Å². The van der Waals surface area contributed by atoms with Gasteiger partial charge in [-0.15, -0.1) is 0 Å². The van der Waals surface area contributed by atoms with E-state index >= 15 is 0 Å². The van der Waals surface area contributed by atoms with Crippen LogP contribution in [0.3, 0.4) is 0 Å². The van der Waals surface area contributed by atoms with E-state index in [4.69, 9.17) is 4.98 Å². The number of fused-ring (bicyclic) bond motifs is 1. The van der Waals surface area contributed by atoms with Crippen LogP contribution in [0.25, 0.3) is 22.2 Å². The molecule has 0 unspecified atom stereocenters. The smallest absolute Gasteiger partial charge is 0.256 e. The first kappa shape index (κ1) is 19.0. The number of ketones is 1. The molecule has 5 heteroatoms. The van der Waals surface area contributed by atoms with Crippen LogP contribution in [0.2, 0.25) is 0 Å². The number of pyridine rings is 1. The van der Waals surface area contributed by atoms with Gasteiger partial charge < -0.3 is 5.32 Å². The fourth-order valence-electron chi connectivity index (χ4n) is 3.13. The number of Topliss-reactive ketones (excluding diaryl/α,β-unsaturated/α-hetero) is 1. The Bertz CT molecular complexity index is 1220. The van der Waals surface area contributed by atoms with Gasteiger partial charge in [-0.05, 0) is 55.5 Å². The summed E-state index contributed by atoms with van der Waals surface area (Å²) in [5.74, 6) is -0.247. The lowest BCUT2D eigenvalue weighted by Crippen LogP contribution is -2.13. The Morgan fingerprint density at radius 2 is 1.62 bits per heavy atom. The van der Waals surface area contributed by atoms with Crippen LogP contribution in [-0.4, -0.2) is 16.7 Å². The zero-order valence-corrected chi connectivity index (χ0v) is 17.2. The number of anilines is 1. The van der Waals surface area contributed by atoms with Crippen LogP contribution in [-0.2, 0) is 0 Å². The van der Waals surface area contributed by atoms with E-state index in [0.717, 1.165) is 26.6 Å². The van der Waals surface area contributed by atoms with Gasteiger partial charge in [-0.2, -0.15) is 0 Å². The van der Waals surface area contributed by atoms with Crippen LogP contribution in [0.4, 0.5) is 5.69 Å². The second kappa shape index (κ2) is 7.97. The molecule has 0 fully saturated rings. The average Bonchev–Trinajstić information content (AvgIpc) is 2.74. The number of nitrogens with zero attached hydrogens (tertiary/aromatic N) is 1. The number of carbonyl (C=O) groups is 2. The maximum atomic E-state index is 13.1. The lowest BCUT2D eigenvalue weighted by atomic mass is 10.0. The molecular formula is C24H17BrN2O2. The Kier molecular flexibility index (Phi) is 5.23. The quantitative estimate of drug-likeness (QED) is 0.385. The fraction of sp³-hybridized carbons (Fsp3) is 0.0417. The monoisotopic (exact) mass is 444 g/mol.